The fraction of sp³-hybridized carbons (Fsp3) is 0.429. The second kappa shape index (κ2) is 11.1. The van der Waals surface area contributed by atoms with E-state index in [0.29, 0.717) is 18.8 Å². The highest BCUT2D eigenvalue weighted by molar-refractivity contribution is 6.00. The zero-order valence-electron chi connectivity index (χ0n) is 20.4. The van der Waals surface area contributed by atoms with E-state index in [1.54, 1.807) is 0 Å². The third kappa shape index (κ3) is 5.11. The molecule has 2 aromatic carbocycles. The first-order chi connectivity index (χ1) is 17.3. The van der Waals surface area contributed by atoms with E-state index in [9.17, 15) is 4.79 Å². The van der Waals surface area contributed by atoms with E-state index in [4.69, 9.17) is 9.47 Å². The van der Waals surface area contributed by atoms with Crippen LogP contribution in [0.5, 0.6) is 5.75 Å². The van der Waals surface area contributed by atoms with E-state index in [1.807, 2.05) is 47.4 Å². The minimum Gasteiger partial charge on any atom is -0.494 e. The molecule has 0 saturated carbocycles. The van der Waals surface area contributed by atoms with E-state index in [1.165, 1.54) is 0 Å². The van der Waals surface area contributed by atoms with Gasteiger partial charge in [-0.25, -0.2) is 0 Å². The van der Waals surface area contributed by atoms with Crippen LogP contribution in [0.25, 0.3) is 11.3 Å². The first-order valence-corrected chi connectivity index (χ1v) is 12.7. The number of nitrogens with zero attached hydrogens (tertiary/aromatic N) is 3. The summed E-state index contributed by atoms with van der Waals surface area (Å²) in [4.78, 5) is 18.0. The number of fused-ring (bicyclic) bond motifs is 1. The van der Waals surface area contributed by atoms with Crippen molar-refractivity contribution < 1.29 is 14.3 Å². The maximum Gasteiger partial charge on any atom is 0.273 e. The largest absolute Gasteiger partial charge is 0.494 e. The van der Waals surface area contributed by atoms with Crippen LogP contribution in [0.2, 0.25) is 0 Å². The Bertz CT molecular complexity index is 1120. The number of H-pyrrole nitrogens is 1. The maximum atomic E-state index is 13.6. The van der Waals surface area contributed by atoms with Crippen LogP contribution in [0.3, 0.4) is 0 Å². The molecule has 1 fully saturated rings. The van der Waals surface area contributed by atoms with Crippen LogP contribution in [0.4, 0.5) is 0 Å². The molecule has 2 aliphatic rings. The normalized spacial score (nSPS) is 18.1. The van der Waals surface area contributed by atoms with E-state index < -0.39 is 0 Å². The lowest BCUT2D eigenvalue weighted by atomic mass is 9.96. The van der Waals surface area contributed by atoms with Gasteiger partial charge in [-0.3, -0.25) is 14.8 Å². The Labute approximate surface area is 207 Å². The summed E-state index contributed by atoms with van der Waals surface area (Å²) in [5.41, 5.74) is 4.45. The zero-order chi connectivity index (χ0) is 24.0. The number of aromatic nitrogens is 2. The number of aromatic amines is 1. The molecule has 0 spiro atoms. The number of hydrogen-bond donors (Lipinski definition) is 1. The number of carbonyl (C=O) groups excluding carboxylic acids is 1. The molecule has 2 aliphatic heterocycles. The molecular weight excluding hydrogens is 440 g/mol. The van der Waals surface area contributed by atoms with Crippen LogP contribution in [0, 0.1) is 0 Å². The SMILES string of the molecule is CCCCOc1cccc(C2c3c(-c4ccccc4)n[nH]c3C(=O)N2CCCN2CCOCC2)c1. The molecule has 5 rings (SSSR count). The van der Waals surface area contributed by atoms with Gasteiger partial charge in [0.15, 0.2) is 0 Å². The van der Waals surface area contributed by atoms with Crippen molar-refractivity contribution in [2.75, 3.05) is 46.0 Å². The number of morpholine rings is 1. The monoisotopic (exact) mass is 474 g/mol. The third-order valence-corrected chi connectivity index (χ3v) is 6.83. The summed E-state index contributed by atoms with van der Waals surface area (Å²) in [5.74, 6) is 0.855. The van der Waals surface area contributed by atoms with Crippen LogP contribution in [0.1, 0.15) is 53.8 Å². The first kappa shape index (κ1) is 23.6. The lowest BCUT2D eigenvalue weighted by Gasteiger charge is -2.30. The summed E-state index contributed by atoms with van der Waals surface area (Å²) in [6.45, 7) is 7.96. The summed E-state index contributed by atoms with van der Waals surface area (Å²) in [6.07, 6.45) is 3.02. The zero-order valence-corrected chi connectivity index (χ0v) is 20.4. The van der Waals surface area contributed by atoms with Gasteiger partial charge >= 0.3 is 0 Å². The summed E-state index contributed by atoms with van der Waals surface area (Å²) < 4.78 is 11.5. The fourth-order valence-corrected chi connectivity index (χ4v) is 4.99. The van der Waals surface area contributed by atoms with Gasteiger partial charge in [-0.1, -0.05) is 55.8 Å². The number of nitrogens with one attached hydrogen (secondary N) is 1. The quantitative estimate of drug-likeness (QED) is 0.438. The topological polar surface area (TPSA) is 70.7 Å². The highest BCUT2D eigenvalue weighted by Crippen LogP contribution is 2.43. The fourth-order valence-electron chi connectivity index (χ4n) is 4.99. The van der Waals surface area contributed by atoms with Crippen molar-refractivity contribution in [2.24, 2.45) is 0 Å². The Morgan fingerprint density at radius 2 is 1.89 bits per heavy atom. The number of hydrogen-bond acceptors (Lipinski definition) is 5. The molecule has 35 heavy (non-hydrogen) atoms. The third-order valence-electron chi connectivity index (χ3n) is 6.83. The minimum atomic E-state index is -0.203. The van der Waals surface area contributed by atoms with Crippen LogP contribution in [-0.4, -0.2) is 71.9 Å². The lowest BCUT2D eigenvalue weighted by molar-refractivity contribution is 0.0354. The number of amides is 1. The van der Waals surface area contributed by atoms with Gasteiger partial charge in [0.25, 0.3) is 5.91 Å². The molecule has 1 N–H and O–H groups in total. The Hall–Kier alpha value is -3.16. The van der Waals surface area contributed by atoms with Gasteiger partial charge < -0.3 is 14.4 Å². The van der Waals surface area contributed by atoms with Crippen molar-refractivity contribution in [3.05, 3.63) is 71.4 Å². The second-order valence-corrected chi connectivity index (χ2v) is 9.21. The van der Waals surface area contributed by atoms with E-state index in [0.717, 1.165) is 80.2 Å². The average Bonchev–Trinajstić information content (AvgIpc) is 3.44. The highest BCUT2D eigenvalue weighted by Gasteiger charge is 2.42. The molecule has 184 valence electrons. The van der Waals surface area contributed by atoms with Gasteiger partial charge in [0, 0.05) is 37.3 Å². The predicted octanol–water partition coefficient (Wildman–Crippen LogP) is 4.52. The molecule has 3 heterocycles. The lowest BCUT2D eigenvalue weighted by Crippen LogP contribution is -2.38. The molecule has 3 aromatic rings. The average molecular weight is 475 g/mol. The Morgan fingerprint density at radius 3 is 2.69 bits per heavy atom. The standard InChI is InChI=1S/C28H34N4O3/c1-2-3-17-35-23-12-7-11-22(20-23)27-24-25(21-9-5-4-6-10-21)29-30-26(24)28(33)32(27)14-8-13-31-15-18-34-19-16-31/h4-7,9-12,20,27H,2-3,8,13-19H2,1H3,(H,29,30). The van der Waals surface area contributed by atoms with Gasteiger partial charge in [-0.05, 0) is 30.5 Å². The van der Waals surface area contributed by atoms with E-state index in [-0.39, 0.29) is 11.9 Å². The van der Waals surface area contributed by atoms with Crippen molar-refractivity contribution >= 4 is 5.91 Å². The molecule has 1 atom stereocenters. The summed E-state index contributed by atoms with van der Waals surface area (Å²) in [6, 6.07) is 18.1. The number of rotatable bonds is 10. The summed E-state index contributed by atoms with van der Waals surface area (Å²) in [5, 5.41) is 7.64. The smallest absolute Gasteiger partial charge is 0.273 e. The van der Waals surface area contributed by atoms with Gasteiger partial charge in [0.1, 0.15) is 11.4 Å². The predicted molar refractivity (Wildman–Crippen MR) is 136 cm³/mol. The number of carbonyl (C=O) groups is 1. The molecule has 1 unspecified atom stereocenters. The Morgan fingerprint density at radius 1 is 1.06 bits per heavy atom. The van der Waals surface area contributed by atoms with Gasteiger partial charge in [0.05, 0.1) is 31.6 Å². The second-order valence-electron chi connectivity index (χ2n) is 9.21. The molecule has 1 aromatic heterocycles. The number of ether oxygens (including phenoxy) is 2. The van der Waals surface area contributed by atoms with Crippen molar-refractivity contribution in [1.82, 2.24) is 20.0 Å². The van der Waals surface area contributed by atoms with Crippen molar-refractivity contribution in [3.8, 4) is 17.0 Å². The maximum absolute atomic E-state index is 13.6. The Kier molecular flexibility index (Phi) is 7.45. The van der Waals surface area contributed by atoms with Gasteiger partial charge in [0.2, 0.25) is 0 Å². The van der Waals surface area contributed by atoms with E-state index >= 15 is 0 Å². The molecule has 1 saturated heterocycles. The minimum absolute atomic E-state index is 0.0129. The van der Waals surface area contributed by atoms with Crippen LogP contribution >= 0.6 is 0 Å². The number of unbranched alkanes of at least 4 members (excludes halogenated alkanes) is 1. The van der Waals surface area contributed by atoms with Gasteiger partial charge in [-0.2, -0.15) is 5.10 Å². The Balaban J connectivity index is 1.45. The molecule has 1 amide bonds. The van der Waals surface area contributed by atoms with E-state index in [2.05, 4.69) is 34.2 Å². The van der Waals surface area contributed by atoms with Crippen molar-refractivity contribution in [2.45, 2.75) is 32.2 Å². The molecule has 0 bridgehead atoms. The van der Waals surface area contributed by atoms with Gasteiger partial charge in [-0.15, -0.1) is 0 Å². The summed E-state index contributed by atoms with van der Waals surface area (Å²) >= 11 is 0. The van der Waals surface area contributed by atoms with Crippen LogP contribution < -0.4 is 4.74 Å². The molecule has 0 aliphatic carbocycles. The number of benzene rings is 2. The molecule has 7 nitrogen and oxygen atoms in total. The van der Waals surface area contributed by atoms with Crippen LogP contribution in [0.15, 0.2) is 54.6 Å². The molecular formula is C28H34N4O3. The van der Waals surface area contributed by atoms with Crippen molar-refractivity contribution in [3.63, 3.8) is 0 Å². The molecule has 7 heteroatoms. The van der Waals surface area contributed by atoms with Crippen molar-refractivity contribution in [1.29, 1.82) is 0 Å². The summed E-state index contributed by atoms with van der Waals surface area (Å²) in [7, 11) is 0. The molecule has 0 radical (unpaired) electrons. The highest BCUT2D eigenvalue weighted by atomic mass is 16.5. The first-order valence-electron chi connectivity index (χ1n) is 12.7. The van der Waals surface area contributed by atoms with Crippen LogP contribution in [-0.2, 0) is 4.74 Å².